The molecule has 2 atom stereocenters. The van der Waals surface area contributed by atoms with Crippen LogP contribution in [0.25, 0.3) is 11.1 Å². The number of ether oxygens (including phenoxy) is 2. The molecule has 2 aromatic carbocycles. The summed E-state index contributed by atoms with van der Waals surface area (Å²) in [6.07, 6.45) is 1.16. The Morgan fingerprint density at radius 1 is 1.03 bits per heavy atom. The SMILES string of the molecule is COC(CNC(=O)OCC1c2ccccc2-c2ccccc21)C(=O)N1CCCCCC1C(=O)O. The number of hydrogen-bond acceptors (Lipinski definition) is 5. The average molecular weight is 467 g/mol. The number of likely N-dealkylation sites (tertiary alicyclic amines) is 1. The minimum absolute atomic E-state index is 0.0635. The van der Waals surface area contributed by atoms with Crippen molar-refractivity contribution < 1.29 is 29.0 Å². The first-order chi connectivity index (χ1) is 16.5. The molecule has 1 aliphatic carbocycles. The van der Waals surface area contributed by atoms with E-state index in [0.29, 0.717) is 13.0 Å². The fourth-order valence-electron chi connectivity index (χ4n) is 4.91. The molecule has 4 rings (SSSR count). The van der Waals surface area contributed by atoms with Crippen molar-refractivity contribution >= 4 is 18.0 Å². The van der Waals surface area contributed by atoms with E-state index >= 15 is 0 Å². The molecule has 1 heterocycles. The van der Waals surface area contributed by atoms with Gasteiger partial charge in [-0.05, 0) is 35.1 Å². The van der Waals surface area contributed by atoms with E-state index in [1.165, 1.54) is 12.0 Å². The monoisotopic (exact) mass is 466 g/mol. The number of rotatable bonds is 7. The van der Waals surface area contributed by atoms with Crippen LogP contribution in [0, 0.1) is 0 Å². The van der Waals surface area contributed by atoms with Gasteiger partial charge in [-0.1, -0.05) is 61.4 Å². The second-order valence-corrected chi connectivity index (χ2v) is 8.67. The number of aliphatic carboxylic acids is 1. The minimum atomic E-state index is -1.02. The zero-order valence-electron chi connectivity index (χ0n) is 19.2. The predicted molar refractivity (Wildman–Crippen MR) is 125 cm³/mol. The van der Waals surface area contributed by atoms with E-state index in [2.05, 4.69) is 17.4 Å². The highest BCUT2D eigenvalue weighted by molar-refractivity contribution is 5.87. The lowest BCUT2D eigenvalue weighted by molar-refractivity contribution is -0.155. The van der Waals surface area contributed by atoms with Gasteiger partial charge in [0.25, 0.3) is 5.91 Å². The Bertz CT molecular complexity index is 1010. The lowest BCUT2D eigenvalue weighted by Crippen LogP contribution is -2.52. The topological polar surface area (TPSA) is 105 Å². The van der Waals surface area contributed by atoms with Crippen molar-refractivity contribution in [3.8, 4) is 11.1 Å². The van der Waals surface area contributed by atoms with Crippen LogP contribution in [0.4, 0.5) is 4.79 Å². The van der Waals surface area contributed by atoms with Crippen LogP contribution in [0.5, 0.6) is 0 Å². The molecule has 2 amide bonds. The summed E-state index contributed by atoms with van der Waals surface area (Å²) in [6.45, 7) is 0.425. The predicted octanol–water partition coefficient (Wildman–Crippen LogP) is 3.40. The van der Waals surface area contributed by atoms with Gasteiger partial charge in [-0.3, -0.25) is 4.79 Å². The fraction of sp³-hybridized carbons (Fsp3) is 0.423. The number of hydrogen-bond donors (Lipinski definition) is 2. The van der Waals surface area contributed by atoms with Crippen LogP contribution in [0.3, 0.4) is 0 Å². The van der Waals surface area contributed by atoms with Crippen molar-refractivity contribution in [3.05, 3.63) is 59.7 Å². The van der Waals surface area contributed by atoms with Crippen molar-refractivity contribution in [2.45, 2.75) is 43.7 Å². The first-order valence-corrected chi connectivity index (χ1v) is 11.7. The summed E-state index contributed by atoms with van der Waals surface area (Å²) in [5.74, 6) is -1.52. The van der Waals surface area contributed by atoms with Crippen molar-refractivity contribution in [2.75, 3.05) is 26.8 Å². The van der Waals surface area contributed by atoms with Gasteiger partial charge in [-0.15, -0.1) is 0 Å². The highest BCUT2D eigenvalue weighted by atomic mass is 16.5. The third-order valence-corrected chi connectivity index (χ3v) is 6.66. The van der Waals surface area contributed by atoms with Gasteiger partial charge >= 0.3 is 12.1 Å². The van der Waals surface area contributed by atoms with Gasteiger partial charge in [0.15, 0.2) is 6.10 Å². The van der Waals surface area contributed by atoms with Crippen LogP contribution in [0.1, 0.15) is 42.7 Å². The number of nitrogens with one attached hydrogen (secondary N) is 1. The van der Waals surface area contributed by atoms with Gasteiger partial charge in [-0.2, -0.15) is 0 Å². The van der Waals surface area contributed by atoms with E-state index in [4.69, 9.17) is 9.47 Å². The summed E-state index contributed by atoms with van der Waals surface area (Å²) in [5.41, 5.74) is 4.51. The van der Waals surface area contributed by atoms with Crippen LogP contribution in [0.2, 0.25) is 0 Å². The maximum atomic E-state index is 13.0. The van der Waals surface area contributed by atoms with Gasteiger partial charge in [0.1, 0.15) is 12.6 Å². The molecule has 1 aliphatic heterocycles. The normalized spacial score (nSPS) is 18.4. The third kappa shape index (κ3) is 4.92. The standard InChI is InChI=1S/C26H30N2O6/c1-33-23(24(29)28-14-8-2-3-13-22(28)25(30)31)15-27-26(32)34-16-21-19-11-6-4-9-17(19)18-10-5-7-12-20(18)21/h4-7,9-12,21-23H,2-3,8,13-16H2,1H3,(H,27,32)(H,30,31). The Morgan fingerprint density at radius 3 is 2.29 bits per heavy atom. The Labute approximate surface area is 198 Å². The number of amides is 2. The Morgan fingerprint density at radius 2 is 1.68 bits per heavy atom. The van der Waals surface area contributed by atoms with Gasteiger partial charge < -0.3 is 24.8 Å². The number of carbonyl (C=O) groups is 3. The summed E-state index contributed by atoms with van der Waals surface area (Å²) < 4.78 is 10.8. The summed E-state index contributed by atoms with van der Waals surface area (Å²) in [7, 11) is 1.37. The molecule has 0 bridgehead atoms. The maximum absolute atomic E-state index is 13.0. The summed E-state index contributed by atoms with van der Waals surface area (Å²) in [5, 5.41) is 12.1. The van der Waals surface area contributed by atoms with E-state index in [9.17, 15) is 19.5 Å². The van der Waals surface area contributed by atoms with Crippen LogP contribution >= 0.6 is 0 Å². The third-order valence-electron chi connectivity index (χ3n) is 6.66. The molecule has 1 fully saturated rings. The van der Waals surface area contributed by atoms with E-state index in [1.54, 1.807) is 0 Å². The van der Waals surface area contributed by atoms with E-state index in [0.717, 1.165) is 41.5 Å². The van der Waals surface area contributed by atoms with Crippen LogP contribution < -0.4 is 5.32 Å². The smallest absolute Gasteiger partial charge is 0.407 e. The molecule has 2 aliphatic rings. The number of benzene rings is 2. The Hall–Kier alpha value is -3.39. The quantitative estimate of drug-likeness (QED) is 0.648. The summed E-state index contributed by atoms with van der Waals surface area (Å²) in [6, 6.07) is 15.3. The van der Waals surface area contributed by atoms with E-state index < -0.39 is 30.1 Å². The second kappa shape index (κ2) is 10.7. The zero-order chi connectivity index (χ0) is 24.1. The molecule has 0 spiro atoms. The fourth-order valence-corrected chi connectivity index (χ4v) is 4.91. The highest BCUT2D eigenvalue weighted by Gasteiger charge is 2.35. The van der Waals surface area contributed by atoms with Crippen LogP contribution in [0.15, 0.2) is 48.5 Å². The first-order valence-electron chi connectivity index (χ1n) is 11.7. The number of carbonyl (C=O) groups excluding carboxylic acids is 2. The number of carboxylic acids is 1. The second-order valence-electron chi connectivity index (χ2n) is 8.67. The molecule has 34 heavy (non-hydrogen) atoms. The van der Waals surface area contributed by atoms with Crippen molar-refractivity contribution in [1.82, 2.24) is 10.2 Å². The van der Waals surface area contributed by atoms with Gasteiger partial charge in [-0.25, -0.2) is 9.59 Å². The molecule has 2 N–H and O–H groups in total. The van der Waals surface area contributed by atoms with E-state index in [-0.39, 0.29) is 19.1 Å². The lowest BCUT2D eigenvalue weighted by atomic mass is 9.98. The van der Waals surface area contributed by atoms with Crippen molar-refractivity contribution in [2.24, 2.45) is 0 Å². The molecule has 1 saturated heterocycles. The molecular weight excluding hydrogens is 436 g/mol. The van der Waals surface area contributed by atoms with Crippen molar-refractivity contribution in [3.63, 3.8) is 0 Å². The van der Waals surface area contributed by atoms with Gasteiger partial charge in [0, 0.05) is 19.6 Å². The van der Waals surface area contributed by atoms with Gasteiger partial charge in [0.05, 0.1) is 6.54 Å². The summed E-state index contributed by atoms with van der Waals surface area (Å²) >= 11 is 0. The molecule has 2 aromatic rings. The molecular formula is C26H30N2O6. The molecule has 8 nitrogen and oxygen atoms in total. The average Bonchev–Trinajstić information content (AvgIpc) is 2.98. The number of nitrogens with zero attached hydrogens (tertiary/aromatic N) is 1. The zero-order valence-corrected chi connectivity index (χ0v) is 19.2. The Balaban J connectivity index is 1.35. The largest absolute Gasteiger partial charge is 0.480 e. The number of methoxy groups -OCH3 is 1. The minimum Gasteiger partial charge on any atom is -0.480 e. The maximum Gasteiger partial charge on any atom is 0.407 e. The molecule has 0 radical (unpaired) electrons. The van der Waals surface area contributed by atoms with Crippen LogP contribution in [-0.2, 0) is 19.1 Å². The molecule has 180 valence electrons. The molecule has 2 unspecified atom stereocenters. The number of carboxylic acid groups (broad SMARTS) is 1. The highest BCUT2D eigenvalue weighted by Crippen LogP contribution is 2.44. The summed E-state index contributed by atoms with van der Waals surface area (Å²) in [4.78, 5) is 38.5. The van der Waals surface area contributed by atoms with Gasteiger partial charge in [0.2, 0.25) is 0 Å². The number of alkyl carbamates (subject to hydrolysis) is 1. The molecule has 0 saturated carbocycles. The first kappa shape index (κ1) is 23.8. The molecule has 8 heteroatoms. The van der Waals surface area contributed by atoms with Crippen molar-refractivity contribution in [1.29, 1.82) is 0 Å². The number of fused-ring (bicyclic) bond motifs is 3. The molecule has 0 aromatic heterocycles. The van der Waals surface area contributed by atoms with E-state index in [1.807, 2.05) is 36.4 Å². The lowest BCUT2D eigenvalue weighted by Gasteiger charge is -2.30. The Kier molecular flexibility index (Phi) is 7.47. The van der Waals surface area contributed by atoms with Crippen LogP contribution in [-0.4, -0.2) is 66.9 Å².